The molecule has 0 bridgehead atoms. The fourth-order valence-electron chi connectivity index (χ4n) is 4.69. The van der Waals surface area contributed by atoms with E-state index in [2.05, 4.69) is 9.97 Å². The van der Waals surface area contributed by atoms with Crippen LogP contribution in [0.5, 0.6) is 5.75 Å². The number of amides is 1. The first-order chi connectivity index (χ1) is 15.9. The molecule has 2 heterocycles. The minimum atomic E-state index is -0.505. The van der Waals surface area contributed by atoms with Gasteiger partial charge < -0.3 is 14.5 Å². The van der Waals surface area contributed by atoms with Gasteiger partial charge in [-0.3, -0.25) is 9.78 Å². The molecule has 0 spiro atoms. The van der Waals surface area contributed by atoms with Crippen molar-refractivity contribution in [2.24, 2.45) is 0 Å². The second-order valence-electron chi connectivity index (χ2n) is 8.84. The Labute approximate surface area is 195 Å². The van der Waals surface area contributed by atoms with Crippen molar-refractivity contribution < 1.29 is 9.53 Å². The first kappa shape index (κ1) is 22.7. The third kappa shape index (κ3) is 4.53. The van der Waals surface area contributed by atoms with Gasteiger partial charge in [0.1, 0.15) is 5.75 Å². The largest absolute Gasteiger partial charge is 0.497 e. The summed E-state index contributed by atoms with van der Waals surface area (Å²) in [7, 11) is 7.36. The highest BCUT2D eigenvalue weighted by Crippen LogP contribution is 2.43. The van der Waals surface area contributed by atoms with E-state index in [4.69, 9.17) is 9.72 Å². The molecular formula is C26H31N5O2. The summed E-state index contributed by atoms with van der Waals surface area (Å²) in [5, 5.41) is 0. The van der Waals surface area contributed by atoms with E-state index in [-0.39, 0.29) is 5.91 Å². The molecule has 4 rings (SSSR count). The number of carbonyl (C=O) groups excluding carboxylic acids is 1. The third-order valence-corrected chi connectivity index (χ3v) is 6.49. The minimum Gasteiger partial charge on any atom is -0.497 e. The topological polar surface area (TPSA) is 71.5 Å². The minimum absolute atomic E-state index is 0.135. The van der Waals surface area contributed by atoms with Crippen molar-refractivity contribution in [1.29, 1.82) is 0 Å². The maximum atomic E-state index is 13.9. The molecule has 1 aliphatic rings. The van der Waals surface area contributed by atoms with Crippen LogP contribution >= 0.6 is 0 Å². The Kier molecular flexibility index (Phi) is 6.58. The van der Waals surface area contributed by atoms with Crippen LogP contribution in [0.25, 0.3) is 11.1 Å². The van der Waals surface area contributed by atoms with Crippen LogP contribution in [0.4, 0.5) is 5.95 Å². The van der Waals surface area contributed by atoms with Crippen LogP contribution in [0.3, 0.4) is 0 Å². The van der Waals surface area contributed by atoms with Crippen molar-refractivity contribution in [3.05, 3.63) is 66.2 Å². The average molecular weight is 446 g/mol. The van der Waals surface area contributed by atoms with Gasteiger partial charge in [-0.05, 0) is 48.2 Å². The molecule has 0 N–H and O–H groups in total. The van der Waals surface area contributed by atoms with Gasteiger partial charge in [-0.15, -0.1) is 0 Å². The molecule has 0 radical (unpaired) electrons. The van der Waals surface area contributed by atoms with Crippen molar-refractivity contribution in [3.63, 3.8) is 0 Å². The molecule has 0 atom stereocenters. The van der Waals surface area contributed by atoms with Crippen LogP contribution in [0.1, 0.15) is 36.9 Å². The van der Waals surface area contributed by atoms with Crippen molar-refractivity contribution in [2.75, 3.05) is 33.2 Å². The number of nitrogens with zero attached hydrogens (tertiary/aromatic N) is 5. The molecular weight excluding hydrogens is 414 g/mol. The molecule has 172 valence electrons. The van der Waals surface area contributed by atoms with Gasteiger partial charge in [-0.25, -0.2) is 9.97 Å². The molecule has 1 aromatic carbocycles. The lowest BCUT2D eigenvalue weighted by atomic mass is 9.77. The number of likely N-dealkylation sites (N-methyl/N-ethyl adjacent to an activating group) is 1. The van der Waals surface area contributed by atoms with E-state index in [9.17, 15) is 4.79 Å². The molecule has 0 unspecified atom stereocenters. The van der Waals surface area contributed by atoms with Gasteiger partial charge in [-0.2, -0.15) is 0 Å². The lowest BCUT2D eigenvalue weighted by molar-refractivity contribution is -0.136. The molecule has 7 heteroatoms. The second kappa shape index (κ2) is 9.57. The number of anilines is 1. The van der Waals surface area contributed by atoms with Crippen LogP contribution in [-0.2, 0) is 16.8 Å². The van der Waals surface area contributed by atoms with Gasteiger partial charge in [0.05, 0.1) is 24.8 Å². The molecule has 1 amide bonds. The monoisotopic (exact) mass is 445 g/mol. The van der Waals surface area contributed by atoms with Gasteiger partial charge in [0, 0.05) is 45.3 Å². The molecule has 2 aromatic heterocycles. The van der Waals surface area contributed by atoms with Gasteiger partial charge in [-0.1, -0.05) is 25.0 Å². The highest BCUT2D eigenvalue weighted by atomic mass is 16.5. The summed E-state index contributed by atoms with van der Waals surface area (Å²) in [5.41, 5.74) is 3.27. The number of carbonyl (C=O) groups is 1. The van der Waals surface area contributed by atoms with Crippen LogP contribution < -0.4 is 9.64 Å². The number of hydrogen-bond donors (Lipinski definition) is 0. The maximum Gasteiger partial charge on any atom is 0.233 e. The molecule has 3 aromatic rings. The lowest BCUT2D eigenvalue weighted by Gasteiger charge is -2.33. The van der Waals surface area contributed by atoms with E-state index in [0.29, 0.717) is 12.5 Å². The van der Waals surface area contributed by atoms with Crippen molar-refractivity contribution >= 4 is 11.9 Å². The summed E-state index contributed by atoms with van der Waals surface area (Å²) in [6.45, 7) is 0.401. The summed E-state index contributed by atoms with van der Waals surface area (Å²) in [5.74, 6) is 1.55. The van der Waals surface area contributed by atoms with Gasteiger partial charge >= 0.3 is 0 Å². The first-order valence-corrected chi connectivity index (χ1v) is 11.3. The number of methoxy groups -OCH3 is 1. The van der Waals surface area contributed by atoms with E-state index < -0.39 is 5.41 Å². The highest BCUT2D eigenvalue weighted by molar-refractivity contribution is 5.88. The van der Waals surface area contributed by atoms with E-state index >= 15 is 0 Å². The van der Waals surface area contributed by atoms with Crippen LogP contribution in [0, 0.1) is 0 Å². The number of ether oxygens (including phenoxy) is 1. The fraction of sp³-hybridized carbons (Fsp3) is 0.385. The second-order valence-corrected chi connectivity index (χ2v) is 8.84. The molecule has 7 nitrogen and oxygen atoms in total. The maximum absolute atomic E-state index is 13.9. The standard InChI is InChI=1S/C26H31N5O2/c1-30(2)25-28-17-22(19-11-15-27-16-12-19)23(29-25)18-31(3)24(32)26(13-5-6-14-26)20-7-9-21(33-4)10-8-20/h7-12,15-17H,5-6,13-14,18H2,1-4H3. The normalized spacial score (nSPS) is 14.7. The van der Waals surface area contributed by atoms with Crippen LogP contribution in [0.15, 0.2) is 55.0 Å². The number of hydrogen-bond acceptors (Lipinski definition) is 6. The molecule has 1 aliphatic carbocycles. The van der Waals surface area contributed by atoms with Crippen molar-refractivity contribution in [1.82, 2.24) is 19.9 Å². The number of benzene rings is 1. The zero-order chi connectivity index (χ0) is 23.4. The van der Waals surface area contributed by atoms with Gasteiger partial charge in [0.2, 0.25) is 11.9 Å². The molecule has 0 aliphatic heterocycles. The molecule has 1 fully saturated rings. The van der Waals surface area contributed by atoms with Crippen LogP contribution in [0.2, 0.25) is 0 Å². The summed E-state index contributed by atoms with van der Waals surface area (Å²) in [4.78, 5) is 31.0. The van der Waals surface area contributed by atoms with Crippen molar-refractivity contribution in [3.8, 4) is 16.9 Å². The SMILES string of the molecule is COc1ccc(C2(C(=O)N(C)Cc3nc(N(C)C)ncc3-c3ccncc3)CCCC2)cc1. The summed E-state index contributed by atoms with van der Waals surface area (Å²) in [6, 6.07) is 11.8. The Morgan fingerprint density at radius 1 is 1.03 bits per heavy atom. The van der Waals surface area contributed by atoms with Crippen molar-refractivity contribution in [2.45, 2.75) is 37.6 Å². The molecule has 0 saturated heterocycles. The number of aromatic nitrogens is 3. The number of pyridine rings is 1. The highest BCUT2D eigenvalue weighted by Gasteiger charge is 2.44. The summed E-state index contributed by atoms with van der Waals surface area (Å²) >= 11 is 0. The molecule has 33 heavy (non-hydrogen) atoms. The van der Waals surface area contributed by atoms with E-state index in [1.165, 1.54) is 0 Å². The predicted octanol–water partition coefficient (Wildman–Crippen LogP) is 4.08. The van der Waals surface area contributed by atoms with Gasteiger partial charge in [0.25, 0.3) is 0 Å². The van der Waals surface area contributed by atoms with E-state index in [1.807, 2.05) is 73.5 Å². The lowest BCUT2D eigenvalue weighted by Crippen LogP contribution is -2.43. The zero-order valence-corrected chi connectivity index (χ0v) is 19.8. The van der Waals surface area contributed by atoms with E-state index in [0.717, 1.165) is 53.8 Å². The Morgan fingerprint density at radius 2 is 1.70 bits per heavy atom. The number of rotatable bonds is 7. The predicted molar refractivity (Wildman–Crippen MR) is 129 cm³/mol. The van der Waals surface area contributed by atoms with Gasteiger partial charge in [0.15, 0.2) is 0 Å². The van der Waals surface area contributed by atoms with E-state index in [1.54, 1.807) is 19.5 Å². The smallest absolute Gasteiger partial charge is 0.233 e. The van der Waals surface area contributed by atoms with Crippen LogP contribution in [-0.4, -0.2) is 54.0 Å². The molecule has 1 saturated carbocycles. The average Bonchev–Trinajstić information content (AvgIpc) is 3.35. The fourth-order valence-corrected chi connectivity index (χ4v) is 4.69. The Bertz CT molecular complexity index is 1090. The first-order valence-electron chi connectivity index (χ1n) is 11.3. The Hall–Kier alpha value is -3.48. The Morgan fingerprint density at radius 3 is 2.30 bits per heavy atom. The summed E-state index contributed by atoms with van der Waals surface area (Å²) < 4.78 is 5.32. The zero-order valence-electron chi connectivity index (χ0n) is 19.8. The quantitative estimate of drug-likeness (QED) is 0.546. The summed E-state index contributed by atoms with van der Waals surface area (Å²) in [6.07, 6.45) is 9.15. The Balaban J connectivity index is 1.67. The third-order valence-electron chi connectivity index (χ3n) is 6.49.